The molecule has 2 rings (SSSR count). The van der Waals surface area contributed by atoms with Crippen molar-refractivity contribution in [1.29, 1.82) is 0 Å². The minimum Gasteiger partial charge on any atom is -0.341 e. The van der Waals surface area contributed by atoms with Crippen LogP contribution in [0.1, 0.15) is 16.1 Å². The van der Waals surface area contributed by atoms with E-state index >= 15 is 0 Å². The van der Waals surface area contributed by atoms with E-state index in [-0.39, 0.29) is 5.91 Å². The lowest BCUT2D eigenvalue weighted by atomic mass is 10.2. The molecule has 0 bridgehead atoms. The summed E-state index contributed by atoms with van der Waals surface area (Å²) in [4.78, 5) is 18.9. The fraction of sp³-hybridized carbons (Fsp3) is 0.200. The molecule has 0 aliphatic carbocycles. The van der Waals surface area contributed by atoms with Gasteiger partial charge in [0, 0.05) is 42.4 Å². The molecule has 3 nitrogen and oxygen atoms in total. The Balaban J connectivity index is 1.96. The first-order valence-electron chi connectivity index (χ1n) is 6.11. The predicted molar refractivity (Wildman–Crippen MR) is 78.6 cm³/mol. The Morgan fingerprint density at radius 2 is 2.11 bits per heavy atom. The molecule has 1 aromatic carbocycles. The Kier molecular flexibility index (Phi) is 4.58. The number of amides is 1. The minimum atomic E-state index is 0.00633. The summed E-state index contributed by atoms with van der Waals surface area (Å²) in [6.07, 6.45) is 2.52. The van der Waals surface area contributed by atoms with Crippen LogP contribution in [-0.4, -0.2) is 29.4 Å². The van der Waals surface area contributed by atoms with E-state index in [1.807, 2.05) is 30.3 Å². The zero-order chi connectivity index (χ0) is 13.7. The van der Waals surface area contributed by atoms with E-state index < -0.39 is 0 Å². The van der Waals surface area contributed by atoms with Crippen LogP contribution < -0.4 is 0 Å². The van der Waals surface area contributed by atoms with Gasteiger partial charge in [-0.25, -0.2) is 0 Å². The van der Waals surface area contributed by atoms with E-state index in [1.54, 1.807) is 30.3 Å². The summed E-state index contributed by atoms with van der Waals surface area (Å²) in [6.45, 7) is 0.645. The van der Waals surface area contributed by atoms with Crippen LogP contribution in [0.15, 0.2) is 53.6 Å². The first kappa shape index (κ1) is 13.6. The maximum atomic E-state index is 12.2. The molecule has 0 aliphatic rings. The Bertz CT molecular complexity index is 557. The number of thiol groups is 1. The molecule has 0 unspecified atom stereocenters. The van der Waals surface area contributed by atoms with E-state index in [4.69, 9.17) is 0 Å². The molecule has 98 valence electrons. The van der Waals surface area contributed by atoms with Crippen LogP contribution in [0.25, 0.3) is 0 Å². The van der Waals surface area contributed by atoms with Gasteiger partial charge in [-0.1, -0.05) is 12.1 Å². The molecule has 0 atom stereocenters. The van der Waals surface area contributed by atoms with Gasteiger partial charge < -0.3 is 4.90 Å². The van der Waals surface area contributed by atoms with Gasteiger partial charge in [-0.15, -0.1) is 12.6 Å². The molecule has 1 heterocycles. The minimum absolute atomic E-state index is 0.00633. The van der Waals surface area contributed by atoms with Crippen LogP contribution >= 0.6 is 12.6 Å². The molecule has 1 amide bonds. The smallest absolute Gasteiger partial charge is 0.253 e. The summed E-state index contributed by atoms with van der Waals surface area (Å²) in [7, 11) is 1.80. The van der Waals surface area contributed by atoms with Crippen LogP contribution in [0.3, 0.4) is 0 Å². The number of nitrogens with zero attached hydrogens (tertiary/aromatic N) is 2. The quantitative estimate of drug-likeness (QED) is 0.868. The Labute approximate surface area is 118 Å². The van der Waals surface area contributed by atoms with Gasteiger partial charge in [-0.05, 0) is 30.3 Å². The van der Waals surface area contributed by atoms with E-state index in [1.165, 1.54) is 0 Å². The molecule has 0 N–H and O–H groups in total. The lowest BCUT2D eigenvalue weighted by Crippen LogP contribution is -2.29. The molecule has 19 heavy (non-hydrogen) atoms. The highest BCUT2D eigenvalue weighted by molar-refractivity contribution is 7.80. The van der Waals surface area contributed by atoms with Crippen molar-refractivity contribution in [2.75, 3.05) is 13.6 Å². The number of rotatable bonds is 4. The standard InChI is InChI=1S/C15H16N2OS/c1-17(10-8-13-6-2-3-9-16-13)15(18)12-5-4-7-14(19)11-12/h2-7,9,11,19H,8,10H2,1H3. The second-order valence-corrected chi connectivity index (χ2v) is 4.86. The predicted octanol–water partition coefficient (Wildman–Crippen LogP) is 2.69. The summed E-state index contributed by atoms with van der Waals surface area (Å²) in [6, 6.07) is 13.1. The Morgan fingerprint density at radius 1 is 1.26 bits per heavy atom. The monoisotopic (exact) mass is 272 g/mol. The third kappa shape index (κ3) is 3.83. The first-order valence-corrected chi connectivity index (χ1v) is 6.56. The summed E-state index contributed by atoms with van der Waals surface area (Å²) in [5.41, 5.74) is 1.65. The molecule has 4 heteroatoms. The van der Waals surface area contributed by atoms with Crippen molar-refractivity contribution >= 4 is 18.5 Å². The fourth-order valence-electron chi connectivity index (χ4n) is 1.79. The van der Waals surface area contributed by atoms with Crippen LogP contribution in [0.5, 0.6) is 0 Å². The Morgan fingerprint density at radius 3 is 2.79 bits per heavy atom. The molecule has 0 fully saturated rings. The molecule has 0 radical (unpaired) electrons. The van der Waals surface area contributed by atoms with Crippen LogP contribution in [0, 0.1) is 0 Å². The van der Waals surface area contributed by atoms with Crippen molar-refractivity contribution in [3.8, 4) is 0 Å². The van der Waals surface area contributed by atoms with Gasteiger partial charge in [0.1, 0.15) is 0 Å². The topological polar surface area (TPSA) is 33.2 Å². The lowest BCUT2D eigenvalue weighted by molar-refractivity contribution is 0.0796. The van der Waals surface area contributed by atoms with Gasteiger partial charge in [0.2, 0.25) is 0 Å². The van der Waals surface area contributed by atoms with Crippen molar-refractivity contribution in [1.82, 2.24) is 9.88 Å². The average molecular weight is 272 g/mol. The summed E-state index contributed by atoms with van der Waals surface area (Å²) < 4.78 is 0. The van der Waals surface area contributed by atoms with Gasteiger partial charge in [0.25, 0.3) is 5.91 Å². The molecule has 2 aromatic rings. The van der Waals surface area contributed by atoms with Crippen molar-refractivity contribution < 1.29 is 4.79 Å². The lowest BCUT2D eigenvalue weighted by Gasteiger charge is -2.17. The van der Waals surface area contributed by atoms with Crippen LogP contribution in [-0.2, 0) is 6.42 Å². The van der Waals surface area contributed by atoms with Gasteiger partial charge >= 0.3 is 0 Å². The number of benzene rings is 1. The van der Waals surface area contributed by atoms with Crippen LogP contribution in [0.4, 0.5) is 0 Å². The molecule has 0 saturated heterocycles. The van der Waals surface area contributed by atoms with Gasteiger partial charge in [0.15, 0.2) is 0 Å². The van der Waals surface area contributed by atoms with E-state index in [0.29, 0.717) is 12.1 Å². The molecule has 0 aliphatic heterocycles. The van der Waals surface area contributed by atoms with E-state index in [0.717, 1.165) is 17.0 Å². The van der Waals surface area contributed by atoms with E-state index in [9.17, 15) is 4.79 Å². The van der Waals surface area contributed by atoms with Gasteiger partial charge in [0.05, 0.1) is 0 Å². The highest BCUT2D eigenvalue weighted by Gasteiger charge is 2.11. The molecule has 0 saturated carbocycles. The van der Waals surface area contributed by atoms with Crippen molar-refractivity contribution in [3.05, 3.63) is 59.9 Å². The number of hydrogen-bond donors (Lipinski definition) is 1. The number of likely N-dealkylation sites (N-methyl/N-ethyl adjacent to an activating group) is 1. The summed E-state index contributed by atoms with van der Waals surface area (Å²) in [5.74, 6) is 0.00633. The van der Waals surface area contributed by atoms with Gasteiger partial charge in [-0.3, -0.25) is 9.78 Å². The second kappa shape index (κ2) is 6.38. The van der Waals surface area contributed by atoms with Gasteiger partial charge in [-0.2, -0.15) is 0 Å². The highest BCUT2D eigenvalue weighted by Crippen LogP contribution is 2.11. The normalized spacial score (nSPS) is 10.2. The largest absolute Gasteiger partial charge is 0.341 e. The third-order valence-corrected chi connectivity index (χ3v) is 3.15. The zero-order valence-electron chi connectivity index (χ0n) is 10.8. The molecular formula is C15H16N2OS. The van der Waals surface area contributed by atoms with Crippen molar-refractivity contribution in [3.63, 3.8) is 0 Å². The number of aromatic nitrogens is 1. The average Bonchev–Trinajstić information content (AvgIpc) is 2.45. The number of carbonyl (C=O) groups excluding carboxylic acids is 1. The highest BCUT2D eigenvalue weighted by atomic mass is 32.1. The number of carbonyl (C=O) groups is 1. The maximum absolute atomic E-state index is 12.2. The zero-order valence-corrected chi connectivity index (χ0v) is 11.7. The van der Waals surface area contributed by atoms with Crippen molar-refractivity contribution in [2.24, 2.45) is 0 Å². The maximum Gasteiger partial charge on any atom is 0.253 e. The molecular weight excluding hydrogens is 256 g/mol. The van der Waals surface area contributed by atoms with E-state index in [2.05, 4.69) is 17.6 Å². The molecule has 1 aromatic heterocycles. The Hall–Kier alpha value is -1.81. The van der Waals surface area contributed by atoms with Crippen LogP contribution in [0.2, 0.25) is 0 Å². The third-order valence-electron chi connectivity index (χ3n) is 2.87. The molecule has 0 spiro atoms. The SMILES string of the molecule is CN(CCc1ccccn1)C(=O)c1cccc(S)c1. The summed E-state index contributed by atoms with van der Waals surface area (Å²) in [5, 5.41) is 0. The second-order valence-electron chi connectivity index (χ2n) is 4.35. The number of pyridine rings is 1. The van der Waals surface area contributed by atoms with Crippen molar-refractivity contribution in [2.45, 2.75) is 11.3 Å². The summed E-state index contributed by atoms with van der Waals surface area (Å²) >= 11 is 4.25. The number of hydrogen-bond acceptors (Lipinski definition) is 3. The fourth-order valence-corrected chi connectivity index (χ4v) is 2.01. The first-order chi connectivity index (χ1) is 9.16.